The van der Waals surface area contributed by atoms with Crippen LogP contribution in [0.3, 0.4) is 0 Å². The fourth-order valence-corrected chi connectivity index (χ4v) is 2.71. The third-order valence-corrected chi connectivity index (χ3v) is 4.47. The Hall–Kier alpha value is -1.37. The summed E-state index contributed by atoms with van der Waals surface area (Å²) < 4.78 is 0.928. The molecule has 1 aromatic heterocycles. The van der Waals surface area contributed by atoms with E-state index in [0.29, 0.717) is 23.3 Å². The average molecular weight is 397 g/mol. The molecule has 2 rings (SSSR count). The maximum absolute atomic E-state index is 9.88. The number of rotatable bonds is 3. The van der Waals surface area contributed by atoms with Crippen molar-refractivity contribution in [2.24, 2.45) is 5.92 Å². The number of nitrogen functional groups attached to an aromatic ring is 1. The zero-order valence-corrected chi connectivity index (χ0v) is 14.9. The van der Waals surface area contributed by atoms with Crippen LogP contribution in [0.4, 0.5) is 5.82 Å². The molecule has 0 aliphatic heterocycles. The minimum atomic E-state index is 0.319. The number of hydrogen-bond acceptors (Lipinski definition) is 4. The van der Waals surface area contributed by atoms with Gasteiger partial charge >= 0.3 is 0 Å². The third-order valence-electron chi connectivity index (χ3n) is 3.30. The van der Waals surface area contributed by atoms with Crippen LogP contribution >= 0.6 is 22.6 Å². The molecule has 112 valence electrons. The van der Waals surface area contributed by atoms with Gasteiger partial charge in [-0.1, -0.05) is 13.8 Å². The molecular formula is C16H20IN3O. The Labute approximate surface area is 139 Å². The smallest absolute Gasteiger partial charge is 0.161 e. The first-order valence-electron chi connectivity index (χ1n) is 6.92. The van der Waals surface area contributed by atoms with Gasteiger partial charge in [0.25, 0.3) is 0 Å². The van der Waals surface area contributed by atoms with Gasteiger partial charge in [0.1, 0.15) is 11.6 Å². The molecule has 1 heterocycles. The van der Waals surface area contributed by atoms with E-state index in [2.05, 4.69) is 46.4 Å². The summed E-state index contributed by atoms with van der Waals surface area (Å²) in [6.07, 6.45) is 0.869. The Bertz CT molecular complexity index is 660. The zero-order chi connectivity index (χ0) is 15.7. The summed E-state index contributed by atoms with van der Waals surface area (Å²) in [4.78, 5) is 9.08. The molecule has 0 fully saturated rings. The van der Waals surface area contributed by atoms with Crippen molar-refractivity contribution >= 4 is 28.4 Å². The molecule has 0 aliphatic carbocycles. The molecule has 0 saturated heterocycles. The number of anilines is 1. The Morgan fingerprint density at radius 2 is 1.76 bits per heavy atom. The first-order valence-corrected chi connectivity index (χ1v) is 8.00. The monoisotopic (exact) mass is 397 g/mol. The molecule has 21 heavy (non-hydrogen) atoms. The van der Waals surface area contributed by atoms with E-state index in [4.69, 9.17) is 5.73 Å². The maximum atomic E-state index is 9.88. The summed E-state index contributed by atoms with van der Waals surface area (Å²) in [6, 6.07) is 3.78. The van der Waals surface area contributed by atoms with Crippen LogP contribution in [0.2, 0.25) is 0 Å². The van der Waals surface area contributed by atoms with E-state index in [1.807, 2.05) is 26.0 Å². The molecule has 0 saturated carbocycles. The molecule has 0 atom stereocenters. The number of hydrogen-bond donors (Lipinski definition) is 2. The second-order valence-electron chi connectivity index (χ2n) is 5.75. The quantitative estimate of drug-likeness (QED) is 0.772. The summed E-state index contributed by atoms with van der Waals surface area (Å²) in [5.41, 5.74) is 9.53. The number of aryl methyl sites for hydroxylation is 2. The van der Waals surface area contributed by atoms with E-state index >= 15 is 0 Å². The highest BCUT2D eigenvalue weighted by molar-refractivity contribution is 14.1. The highest BCUT2D eigenvalue weighted by atomic mass is 127. The number of halogens is 1. The predicted octanol–water partition coefficient (Wildman–Crippen LogP) is 3.85. The summed E-state index contributed by atoms with van der Waals surface area (Å²) in [5, 5.41) is 9.88. The van der Waals surface area contributed by atoms with Gasteiger partial charge < -0.3 is 10.8 Å². The Morgan fingerprint density at radius 1 is 1.19 bits per heavy atom. The Balaban J connectivity index is 2.57. The summed E-state index contributed by atoms with van der Waals surface area (Å²) >= 11 is 2.20. The maximum Gasteiger partial charge on any atom is 0.161 e. The predicted molar refractivity (Wildman–Crippen MR) is 94.3 cm³/mol. The number of nitrogens with zero attached hydrogens (tertiary/aromatic N) is 2. The van der Waals surface area contributed by atoms with Crippen molar-refractivity contribution in [1.82, 2.24) is 9.97 Å². The molecule has 0 spiro atoms. The van der Waals surface area contributed by atoms with Gasteiger partial charge in [-0.3, -0.25) is 0 Å². The molecule has 5 heteroatoms. The molecule has 3 N–H and O–H groups in total. The number of aromatic nitrogens is 2. The van der Waals surface area contributed by atoms with Gasteiger partial charge in [0.2, 0.25) is 0 Å². The molecule has 1 aromatic carbocycles. The highest BCUT2D eigenvalue weighted by Crippen LogP contribution is 2.29. The number of benzene rings is 1. The lowest BCUT2D eigenvalue weighted by atomic mass is 10.0. The van der Waals surface area contributed by atoms with Gasteiger partial charge in [-0.2, -0.15) is 0 Å². The highest BCUT2D eigenvalue weighted by Gasteiger charge is 2.14. The van der Waals surface area contributed by atoms with Crippen LogP contribution in [0.1, 0.15) is 30.7 Å². The Kier molecular flexibility index (Phi) is 4.70. The van der Waals surface area contributed by atoms with E-state index < -0.39 is 0 Å². The number of aromatic hydroxyl groups is 1. The standard InChI is InChI=1S/C16H20IN3O/c1-8(2)5-12-13(17)15(18)20-16(19-12)11-6-9(3)14(21)10(4)7-11/h6-8,21H,5H2,1-4H3,(H2,18,19,20). The fourth-order valence-electron chi connectivity index (χ4n) is 2.25. The van der Waals surface area contributed by atoms with Crippen molar-refractivity contribution in [3.63, 3.8) is 0 Å². The molecule has 0 bridgehead atoms. The third kappa shape index (κ3) is 3.45. The second kappa shape index (κ2) is 6.17. The second-order valence-corrected chi connectivity index (χ2v) is 6.83. The summed E-state index contributed by atoms with van der Waals surface area (Å²) in [5.74, 6) is 1.96. The van der Waals surface area contributed by atoms with Crippen molar-refractivity contribution in [2.75, 3.05) is 5.73 Å². The van der Waals surface area contributed by atoms with Crippen molar-refractivity contribution in [1.29, 1.82) is 0 Å². The van der Waals surface area contributed by atoms with Crippen molar-refractivity contribution < 1.29 is 5.11 Å². The van der Waals surface area contributed by atoms with Crippen LogP contribution in [0, 0.1) is 23.3 Å². The molecule has 0 aliphatic rings. The molecule has 0 amide bonds. The van der Waals surface area contributed by atoms with Crippen LogP contribution in [-0.4, -0.2) is 15.1 Å². The van der Waals surface area contributed by atoms with Gasteiger partial charge in [0.05, 0.1) is 9.26 Å². The zero-order valence-electron chi connectivity index (χ0n) is 12.7. The van der Waals surface area contributed by atoms with Crippen molar-refractivity contribution in [2.45, 2.75) is 34.1 Å². The van der Waals surface area contributed by atoms with Crippen molar-refractivity contribution in [3.8, 4) is 17.1 Å². The van der Waals surface area contributed by atoms with Crippen LogP contribution in [0.5, 0.6) is 5.75 Å². The Morgan fingerprint density at radius 3 is 2.29 bits per heavy atom. The summed E-state index contributed by atoms with van der Waals surface area (Å²) in [7, 11) is 0. The number of phenols is 1. The lowest BCUT2D eigenvalue weighted by Crippen LogP contribution is -2.07. The normalized spacial score (nSPS) is 11.1. The van der Waals surface area contributed by atoms with E-state index in [-0.39, 0.29) is 0 Å². The van der Waals surface area contributed by atoms with E-state index in [1.54, 1.807) is 0 Å². The largest absolute Gasteiger partial charge is 0.507 e. The first kappa shape index (κ1) is 16.0. The molecule has 2 aromatic rings. The topological polar surface area (TPSA) is 72.0 Å². The van der Waals surface area contributed by atoms with Gasteiger partial charge in [-0.05, 0) is 72.0 Å². The minimum absolute atomic E-state index is 0.319. The average Bonchev–Trinajstić information content (AvgIpc) is 2.39. The molecular weight excluding hydrogens is 377 g/mol. The van der Waals surface area contributed by atoms with E-state index in [1.165, 1.54) is 0 Å². The first-order chi connectivity index (χ1) is 9.79. The lowest BCUT2D eigenvalue weighted by Gasteiger charge is -2.12. The van der Waals surface area contributed by atoms with E-state index in [9.17, 15) is 5.11 Å². The van der Waals surface area contributed by atoms with E-state index in [0.717, 1.165) is 32.4 Å². The van der Waals surface area contributed by atoms with Gasteiger partial charge in [0.15, 0.2) is 5.82 Å². The molecule has 4 nitrogen and oxygen atoms in total. The van der Waals surface area contributed by atoms with Gasteiger partial charge in [-0.25, -0.2) is 9.97 Å². The lowest BCUT2D eigenvalue weighted by molar-refractivity contribution is 0.467. The number of nitrogens with two attached hydrogens (primary N) is 1. The van der Waals surface area contributed by atoms with Crippen LogP contribution in [0.25, 0.3) is 11.4 Å². The summed E-state index contributed by atoms with van der Waals surface area (Å²) in [6.45, 7) is 8.06. The fraction of sp³-hybridized carbons (Fsp3) is 0.375. The van der Waals surface area contributed by atoms with Crippen molar-refractivity contribution in [3.05, 3.63) is 32.5 Å². The van der Waals surface area contributed by atoms with Gasteiger partial charge in [0, 0.05) is 5.56 Å². The van der Waals surface area contributed by atoms with Gasteiger partial charge in [-0.15, -0.1) is 0 Å². The molecule has 0 unspecified atom stereocenters. The molecule has 0 radical (unpaired) electrons. The van der Waals surface area contributed by atoms with Crippen LogP contribution < -0.4 is 5.73 Å². The number of phenolic OH excluding ortho intramolecular Hbond substituents is 1. The van der Waals surface area contributed by atoms with Crippen LogP contribution in [-0.2, 0) is 6.42 Å². The van der Waals surface area contributed by atoms with Crippen LogP contribution in [0.15, 0.2) is 12.1 Å². The minimum Gasteiger partial charge on any atom is -0.507 e. The SMILES string of the molecule is Cc1cc(-c2nc(N)c(I)c(CC(C)C)n2)cc(C)c1O.